The Hall–Kier alpha value is -1.07. The zero-order valence-corrected chi connectivity index (χ0v) is 10.9. The van der Waals surface area contributed by atoms with Crippen LogP contribution in [0.1, 0.15) is 15.9 Å². The number of carbonyl (C=O) groups is 1. The van der Waals surface area contributed by atoms with Gasteiger partial charge in [-0.3, -0.25) is 4.79 Å². The quantitative estimate of drug-likeness (QED) is 0.775. The van der Waals surface area contributed by atoms with Gasteiger partial charge in [0.05, 0.1) is 0 Å². The van der Waals surface area contributed by atoms with E-state index < -0.39 is 11.6 Å². The van der Waals surface area contributed by atoms with Crippen LogP contribution in [0.15, 0.2) is 33.4 Å². The van der Waals surface area contributed by atoms with Crippen LogP contribution in [0.5, 0.6) is 0 Å². The van der Waals surface area contributed by atoms with Crippen molar-refractivity contribution in [3.8, 4) is 0 Å². The molecule has 1 nitrogen and oxygen atoms in total. The van der Waals surface area contributed by atoms with Crippen LogP contribution < -0.4 is 0 Å². The lowest BCUT2D eigenvalue weighted by molar-refractivity contribution is 0.0992. The number of halogens is 3. The van der Waals surface area contributed by atoms with Crippen molar-refractivity contribution in [2.75, 3.05) is 0 Å². The largest absolute Gasteiger partial charge is 0.294 e. The molecule has 0 aliphatic rings. The summed E-state index contributed by atoms with van der Waals surface area (Å²) >= 11 is 4.67. The molecule has 0 unspecified atom stereocenters. The molecule has 2 aromatic rings. The maximum atomic E-state index is 13.0. The number of benzene rings is 1. The molecular formula is C12H7BrF2OS. The van der Waals surface area contributed by atoms with E-state index in [1.807, 2.05) is 0 Å². The van der Waals surface area contributed by atoms with Gasteiger partial charge in [-0.05, 0) is 33.6 Å². The standard InChI is InChI=1S/C12H7BrF2OS/c13-9-6-17-5-8(9)12(16)4-7-1-2-10(14)11(15)3-7/h1-3,5-6H,4H2. The molecule has 17 heavy (non-hydrogen) atoms. The lowest BCUT2D eigenvalue weighted by Gasteiger charge is -2.01. The molecule has 0 aliphatic heterocycles. The van der Waals surface area contributed by atoms with Crippen LogP contribution in [-0.4, -0.2) is 5.78 Å². The summed E-state index contributed by atoms with van der Waals surface area (Å²) < 4.78 is 26.4. The van der Waals surface area contributed by atoms with Crippen LogP contribution in [-0.2, 0) is 6.42 Å². The molecule has 1 aromatic heterocycles. The second kappa shape index (κ2) is 5.06. The van der Waals surface area contributed by atoms with Crippen molar-refractivity contribution >= 4 is 33.0 Å². The van der Waals surface area contributed by atoms with Crippen LogP contribution in [0.2, 0.25) is 0 Å². The molecule has 0 saturated carbocycles. The topological polar surface area (TPSA) is 17.1 Å². The summed E-state index contributed by atoms with van der Waals surface area (Å²) in [6.45, 7) is 0. The van der Waals surface area contributed by atoms with Gasteiger partial charge in [0.15, 0.2) is 17.4 Å². The highest BCUT2D eigenvalue weighted by atomic mass is 79.9. The van der Waals surface area contributed by atoms with E-state index in [9.17, 15) is 13.6 Å². The van der Waals surface area contributed by atoms with E-state index in [0.717, 1.165) is 16.6 Å². The first-order valence-electron chi connectivity index (χ1n) is 4.76. The number of Topliss-reactive ketones (excluding diaryl/α,β-unsaturated/α-hetero) is 1. The number of hydrogen-bond acceptors (Lipinski definition) is 2. The van der Waals surface area contributed by atoms with Gasteiger partial charge in [0.25, 0.3) is 0 Å². The zero-order valence-electron chi connectivity index (χ0n) is 8.54. The fraction of sp³-hybridized carbons (Fsp3) is 0.0833. The Morgan fingerprint density at radius 2 is 2.00 bits per heavy atom. The summed E-state index contributed by atoms with van der Waals surface area (Å²) in [7, 11) is 0. The minimum Gasteiger partial charge on any atom is -0.294 e. The van der Waals surface area contributed by atoms with E-state index in [0.29, 0.717) is 11.1 Å². The fourth-order valence-corrected chi connectivity index (χ4v) is 2.93. The zero-order chi connectivity index (χ0) is 12.4. The van der Waals surface area contributed by atoms with Crippen LogP contribution in [0, 0.1) is 11.6 Å². The first-order valence-corrected chi connectivity index (χ1v) is 6.50. The van der Waals surface area contributed by atoms with Gasteiger partial charge in [0, 0.05) is 27.2 Å². The summed E-state index contributed by atoms with van der Waals surface area (Å²) in [5.41, 5.74) is 1.03. The Balaban J connectivity index is 2.19. The van der Waals surface area contributed by atoms with Gasteiger partial charge in [-0.2, -0.15) is 11.3 Å². The van der Waals surface area contributed by atoms with Gasteiger partial charge in [0.2, 0.25) is 0 Å². The minimum absolute atomic E-state index is 0.0620. The molecule has 0 N–H and O–H groups in total. The highest BCUT2D eigenvalue weighted by Crippen LogP contribution is 2.23. The Kier molecular flexibility index (Phi) is 3.69. The summed E-state index contributed by atoms with van der Waals surface area (Å²) in [6, 6.07) is 3.49. The maximum Gasteiger partial charge on any atom is 0.169 e. The third kappa shape index (κ3) is 2.79. The number of carbonyl (C=O) groups excluding carboxylic acids is 1. The van der Waals surface area contributed by atoms with E-state index >= 15 is 0 Å². The Bertz CT molecular complexity index is 565. The smallest absolute Gasteiger partial charge is 0.169 e. The number of hydrogen-bond donors (Lipinski definition) is 0. The molecule has 1 aromatic carbocycles. The van der Waals surface area contributed by atoms with Crippen molar-refractivity contribution < 1.29 is 13.6 Å². The fourth-order valence-electron chi connectivity index (χ4n) is 1.41. The van der Waals surface area contributed by atoms with Crippen molar-refractivity contribution in [1.29, 1.82) is 0 Å². The third-order valence-electron chi connectivity index (χ3n) is 2.26. The molecule has 0 aliphatic carbocycles. The van der Waals surface area contributed by atoms with Gasteiger partial charge >= 0.3 is 0 Å². The van der Waals surface area contributed by atoms with Gasteiger partial charge in [0.1, 0.15) is 0 Å². The molecule has 88 valence electrons. The molecule has 1 heterocycles. The molecule has 0 saturated heterocycles. The van der Waals surface area contributed by atoms with Gasteiger partial charge in [-0.1, -0.05) is 6.07 Å². The van der Waals surface area contributed by atoms with E-state index in [1.165, 1.54) is 17.4 Å². The van der Waals surface area contributed by atoms with E-state index in [1.54, 1.807) is 10.8 Å². The van der Waals surface area contributed by atoms with E-state index in [2.05, 4.69) is 15.9 Å². The van der Waals surface area contributed by atoms with Crippen molar-refractivity contribution in [3.05, 3.63) is 56.2 Å². The van der Waals surface area contributed by atoms with Crippen molar-refractivity contribution in [2.45, 2.75) is 6.42 Å². The van der Waals surface area contributed by atoms with Crippen LogP contribution in [0.25, 0.3) is 0 Å². The maximum absolute atomic E-state index is 13.0. The Morgan fingerprint density at radius 3 is 2.59 bits per heavy atom. The second-order valence-corrected chi connectivity index (χ2v) is 5.08. The van der Waals surface area contributed by atoms with Crippen LogP contribution in [0.4, 0.5) is 8.78 Å². The summed E-state index contributed by atoms with van der Waals surface area (Å²) in [5.74, 6) is -1.96. The second-order valence-electron chi connectivity index (χ2n) is 3.48. The number of rotatable bonds is 3. The average molecular weight is 317 g/mol. The van der Waals surface area contributed by atoms with Crippen molar-refractivity contribution in [2.24, 2.45) is 0 Å². The van der Waals surface area contributed by atoms with E-state index in [-0.39, 0.29) is 12.2 Å². The third-order valence-corrected chi connectivity index (χ3v) is 3.97. The lowest BCUT2D eigenvalue weighted by atomic mass is 10.1. The SMILES string of the molecule is O=C(Cc1ccc(F)c(F)c1)c1cscc1Br. The van der Waals surface area contributed by atoms with Crippen LogP contribution in [0.3, 0.4) is 0 Å². The van der Waals surface area contributed by atoms with Gasteiger partial charge in [-0.15, -0.1) is 0 Å². The normalized spacial score (nSPS) is 10.5. The molecular weight excluding hydrogens is 310 g/mol. The summed E-state index contributed by atoms with van der Waals surface area (Å²) in [4.78, 5) is 11.9. The van der Waals surface area contributed by atoms with E-state index in [4.69, 9.17) is 0 Å². The summed E-state index contributed by atoms with van der Waals surface area (Å²) in [5, 5.41) is 3.53. The molecule has 5 heteroatoms. The molecule has 2 rings (SSSR count). The molecule has 0 fully saturated rings. The predicted molar refractivity (Wildman–Crippen MR) is 66.4 cm³/mol. The minimum atomic E-state index is -0.931. The highest BCUT2D eigenvalue weighted by Gasteiger charge is 2.12. The monoisotopic (exact) mass is 316 g/mol. The molecule has 0 atom stereocenters. The molecule has 0 radical (unpaired) electrons. The molecule has 0 amide bonds. The molecule has 0 bridgehead atoms. The van der Waals surface area contributed by atoms with Gasteiger partial charge in [-0.25, -0.2) is 8.78 Å². The highest BCUT2D eigenvalue weighted by molar-refractivity contribution is 9.10. The lowest BCUT2D eigenvalue weighted by Crippen LogP contribution is -2.03. The number of ketones is 1. The van der Waals surface area contributed by atoms with Crippen LogP contribution >= 0.6 is 27.3 Å². The Labute approximate surface area is 109 Å². The first-order chi connectivity index (χ1) is 8.08. The first kappa shape index (κ1) is 12.4. The van der Waals surface area contributed by atoms with Crippen molar-refractivity contribution in [3.63, 3.8) is 0 Å². The number of thiophene rings is 1. The molecule has 0 spiro atoms. The van der Waals surface area contributed by atoms with Gasteiger partial charge < -0.3 is 0 Å². The van der Waals surface area contributed by atoms with Crippen molar-refractivity contribution in [1.82, 2.24) is 0 Å². The average Bonchev–Trinajstić information content (AvgIpc) is 2.70. The Morgan fingerprint density at radius 1 is 1.24 bits per heavy atom. The predicted octanol–water partition coefficient (Wildman–Crippen LogP) is 4.21. The summed E-state index contributed by atoms with van der Waals surface area (Å²) in [6.07, 6.45) is 0.0620.